The molecule has 4 rings (SSSR count). The number of rotatable bonds is 4. The van der Waals surface area contributed by atoms with Crippen molar-refractivity contribution in [2.75, 3.05) is 25.5 Å². The minimum atomic E-state index is 0.400. The minimum Gasteiger partial charge on any atom is -0.495 e. The van der Waals surface area contributed by atoms with Crippen LogP contribution in [0.4, 0.5) is 5.82 Å². The van der Waals surface area contributed by atoms with Gasteiger partial charge in [0.05, 0.1) is 43.1 Å². The second-order valence-corrected chi connectivity index (χ2v) is 5.93. The molecule has 4 heterocycles. The second kappa shape index (κ2) is 6.45. The molecule has 1 aliphatic heterocycles. The Morgan fingerprint density at radius 1 is 1.29 bits per heavy atom. The van der Waals surface area contributed by atoms with Gasteiger partial charge in [-0.2, -0.15) is 5.10 Å². The number of nitrogens with one attached hydrogen (secondary N) is 2. The van der Waals surface area contributed by atoms with E-state index < -0.39 is 0 Å². The zero-order valence-electron chi connectivity index (χ0n) is 13.6. The topological polar surface area (TPSA) is 76.4 Å². The van der Waals surface area contributed by atoms with Gasteiger partial charge in [0, 0.05) is 18.2 Å². The van der Waals surface area contributed by atoms with Crippen molar-refractivity contribution in [3.8, 4) is 17.0 Å². The molecule has 1 aliphatic rings. The monoisotopic (exact) mass is 324 g/mol. The highest BCUT2D eigenvalue weighted by Gasteiger charge is 2.14. The molecule has 7 heteroatoms. The molecule has 1 fully saturated rings. The van der Waals surface area contributed by atoms with Gasteiger partial charge >= 0.3 is 0 Å². The predicted molar refractivity (Wildman–Crippen MR) is 92.3 cm³/mol. The molecule has 7 nitrogen and oxygen atoms in total. The molecule has 0 amide bonds. The van der Waals surface area contributed by atoms with Gasteiger partial charge in [-0.15, -0.1) is 0 Å². The summed E-state index contributed by atoms with van der Waals surface area (Å²) < 4.78 is 7.03. The maximum Gasteiger partial charge on any atom is 0.145 e. The van der Waals surface area contributed by atoms with Crippen LogP contribution in [0.25, 0.3) is 16.8 Å². The Bertz CT molecular complexity index is 840. The molecule has 1 saturated heterocycles. The summed E-state index contributed by atoms with van der Waals surface area (Å²) in [4.78, 5) is 9.06. The first-order valence-electron chi connectivity index (χ1n) is 8.14. The molecule has 0 aromatic carbocycles. The molecule has 1 atom stereocenters. The molecule has 3 aromatic rings. The Morgan fingerprint density at radius 3 is 3.08 bits per heavy atom. The molecule has 1 unspecified atom stereocenters. The normalized spacial score (nSPS) is 17.8. The molecule has 3 aromatic heterocycles. The van der Waals surface area contributed by atoms with E-state index >= 15 is 0 Å². The number of pyridine rings is 1. The van der Waals surface area contributed by atoms with Crippen LogP contribution in [-0.4, -0.2) is 45.8 Å². The first kappa shape index (κ1) is 14.9. The maximum absolute atomic E-state index is 5.24. The number of ether oxygens (including phenoxy) is 1. The molecular formula is C17H20N6O. The Hall–Kier alpha value is -2.67. The molecule has 24 heavy (non-hydrogen) atoms. The Kier molecular flexibility index (Phi) is 4.00. The van der Waals surface area contributed by atoms with Crippen LogP contribution in [0.1, 0.15) is 12.8 Å². The average molecular weight is 324 g/mol. The number of fused-ring (bicyclic) bond motifs is 1. The summed E-state index contributed by atoms with van der Waals surface area (Å²) in [5, 5.41) is 11.3. The number of hydrogen-bond donors (Lipinski definition) is 2. The quantitative estimate of drug-likeness (QED) is 0.764. The van der Waals surface area contributed by atoms with Crippen LogP contribution in [0.2, 0.25) is 0 Å². The zero-order valence-corrected chi connectivity index (χ0v) is 13.6. The highest BCUT2D eigenvalue weighted by atomic mass is 16.5. The summed E-state index contributed by atoms with van der Waals surface area (Å²) in [7, 11) is 1.65. The molecule has 0 spiro atoms. The number of hydrogen-bond acceptors (Lipinski definition) is 6. The van der Waals surface area contributed by atoms with Crippen molar-refractivity contribution in [3.05, 3.63) is 36.9 Å². The van der Waals surface area contributed by atoms with Gasteiger partial charge in [-0.1, -0.05) is 0 Å². The van der Waals surface area contributed by atoms with Gasteiger partial charge in [-0.3, -0.25) is 4.98 Å². The van der Waals surface area contributed by atoms with E-state index in [-0.39, 0.29) is 0 Å². The summed E-state index contributed by atoms with van der Waals surface area (Å²) in [6.45, 7) is 2.05. The van der Waals surface area contributed by atoms with Crippen molar-refractivity contribution in [3.63, 3.8) is 0 Å². The summed E-state index contributed by atoms with van der Waals surface area (Å²) in [6.07, 6.45) is 9.53. The van der Waals surface area contributed by atoms with Gasteiger partial charge in [0.2, 0.25) is 0 Å². The Morgan fingerprint density at radius 2 is 2.25 bits per heavy atom. The summed E-state index contributed by atoms with van der Waals surface area (Å²) >= 11 is 0. The fourth-order valence-corrected chi connectivity index (χ4v) is 3.03. The lowest BCUT2D eigenvalue weighted by Gasteiger charge is -2.24. The molecule has 0 saturated carbocycles. The molecule has 0 bridgehead atoms. The van der Waals surface area contributed by atoms with Crippen molar-refractivity contribution in [1.82, 2.24) is 24.9 Å². The molecule has 0 radical (unpaired) electrons. The lowest BCUT2D eigenvalue weighted by Crippen LogP contribution is -2.38. The van der Waals surface area contributed by atoms with E-state index in [1.807, 2.05) is 24.5 Å². The van der Waals surface area contributed by atoms with Crippen LogP contribution in [0.15, 0.2) is 36.9 Å². The van der Waals surface area contributed by atoms with Crippen molar-refractivity contribution in [2.45, 2.75) is 18.9 Å². The van der Waals surface area contributed by atoms with Gasteiger partial charge < -0.3 is 15.4 Å². The fourth-order valence-electron chi connectivity index (χ4n) is 3.03. The van der Waals surface area contributed by atoms with E-state index in [0.717, 1.165) is 47.9 Å². The van der Waals surface area contributed by atoms with Gasteiger partial charge in [0.15, 0.2) is 0 Å². The van der Waals surface area contributed by atoms with Crippen LogP contribution < -0.4 is 15.4 Å². The number of methoxy groups -OCH3 is 1. The van der Waals surface area contributed by atoms with Crippen LogP contribution in [-0.2, 0) is 0 Å². The van der Waals surface area contributed by atoms with Crippen LogP contribution in [0, 0.1) is 0 Å². The summed E-state index contributed by atoms with van der Waals surface area (Å²) in [6, 6.07) is 4.30. The SMILES string of the molecule is COc1ccc2c(-c3cncc(NC4CCCNC4)n3)cnn2c1. The smallest absolute Gasteiger partial charge is 0.145 e. The van der Waals surface area contributed by atoms with Crippen molar-refractivity contribution in [2.24, 2.45) is 0 Å². The number of nitrogens with zero attached hydrogens (tertiary/aromatic N) is 4. The summed E-state index contributed by atoms with van der Waals surface area (Å²) in [5.41, 5.74) is 2.74. The number of anilines is 1. The van der Waals surface area contributed by atoms with Crippen molar-refractivity contribution >= 4 is 11.3 Å². The second-order valence-electron chi connectivity index (χ2n) is 5.93. The third-order valence-electron chi connectivity index (χ3n) is 4.28. The van der Waals surface area contributed by atoms with Crippen molar-refractivity contribution < 1.29 is 4.74 Å². The minimum absolute atomic E-state index is 0.400. The van der Waals surface area contributed by atoms with Gasteiger partial charge in [-0.05, 0) is 31.5 Å². The van der Waals surface area contributed by atoms with E-state index in [4.69, 9.17) is 9.72 Å². The molecule has 0 aliphatic carbocycles. The fraction of sp³-hybridized carbons (Fsp3) is 0.353. The van der Waals surface area contributed by atoms with E-state index in [9.17, 15) is 0 Å². The summed E-state index contributed by atoms with van der Waals surface area (Å²) in [5.74, 6) is 1.57. The van der Waals surface area contributed by atoms with Crippen LogP contribution >= 0.6 is 0 Å². The average Bonchev–Trinajstić information content (AvgIpc) is 3.06. The maximum atomic E-state index is 5.24. The molecule has 124 valence electrons. The first-order chi connectivity index (χ1) is 11.8. The third kappa shape index (κ3) is 2.90. The van der Waals surface area contributed by atoms with E-state index in [1.165, 1.54) is 6.42 Å². The van der Waals surface area contributed by atoms with Gasteiger partial charge in [0.25, 0.3) is 0 Å². The number of piperidine rings is 1. The van der Waals surface area contributed by atoms with Gasteiger partial charge in [-0.25, -0.2) is 9.50 Å². The highest BCUT2D eigenvalue weighted by molar-refractivity contribution is 5.78. The lowest BCUT2D eigenvalue weighted by molar-refractivity contribution is 0.411. The predicted octanol–water partition coefficient (Wildman–Crippen LogP) is 1.96. The highest BCUT2D eigenvalue weighted by Crippen LogP contribution is 2.25. The Balaban J connectivity index is 1.63. The van der Waals surface area contributed by atoms with Gasteiger partial charge in [0.1, 0.15) is 11.6 Å². The van der Waals surface area contributed by atoms with Crippen LogP contribution in [0.5, 0.6) is 5.75 Å². The largest absolute Gasteiger partial charge is 0.495 e. The van der Waals surface area contributed by atoms with Crippen molar-refractivity contribution in [1.29, 1.82) is 0 Å². The van der Waals surface area contributed by atoms with Crippen LogP contribution in [0.3, 0.4) is 0 Å². The lowest BCUT2D eigenvalue weighted by atomic mass is 10.1. The van der Waals surface area contributed by atoms with E-state index in [1.54, 1.807) is 24.0 Å². The molecule has 2 N–H and O–H groups in total. The molecular weight excluding hydrogens is 304 g/mol. The zero-order chi connectivity index (χ0) is 16.4. The first-order valence-corrected chi connectivity index (χ1v) is 8.14. The number of aromatic nitrogens is 4. The van der Waals surface area contributed by atoms with E-state index in [0.29, 0.717) is 6.04 Å². The van der Waals surface area contributed by atoms with E-state index in [2.05, 4.69) is 20.7 Å². The Labute approximate surface area is 140 Å². The third-order valence-corrected chi connectivity index (χ3v) is 4.28. The standard InChI is InChI=1S/C17H20N6O/c1-24-13-4-5-16-14(8-20-23(16)11-13)15-9-19-10-17(22-15)21-12-3-2-6-18-7-12/h4-5,8-12,18H,2-3,6-7H2,1H3,(H,21,22).